The van der Waals surface area contributed by atoms with Gasteiger partial charge in [-0.15, -0.1) is 0 Å². The summed E-state index contributed by atoms with van der Waals surface area (Å²) in [5.74, 6) is -1.06. The molecule has 3 nitrogen and oxygen atoms in total. The van der Waals surface area contributed by atoms with E-state index in [1.807, 2.05) is 26.8 Å². The van der Waals surface area contributed by atoms with Crippen LogP contribution in [-0.4, -0.2) is 12.3 Å². The molecule has 0 radical (unpaired) electrons. The maximum absolute atomic E-state index is 10.9. The molecule has 3 heteroatoms. The van der Waals surface area contributed by atoms with Crippen LogP contribution in [0.15, 0.2) is 6.07 Å². The summed E-state index contributed by atoms with van der Waals surface area (Å²) in [7, 11) is 0. The second kappa shape index (κ2) is 4.92. The van der Waals surface area contributed by atoms with Gasteiger partial charge in [-0.3, -0.25) is 4.79 Å². The van der Waals surface area contributed by atoms with Crippen LogP contribution in [0.2, 0.25) is 0 Å². The third kappa shape index (κ3) is 2.48. The number of carbonyl (C=O) groups is 2. The van der Waals surface area contributed by atoms with E-state index in [4.69, 9.17) is 0 Å². The third-order valence-corrected chi connectivity index (χ3v) is 2.89. The van der Waals surface area contributed by atoms with Gasteiger partial charge in [-0.25, -0.2) is 0 Å². The highest BCUT2D eigenvalue weighted by Crippen LogP contribution is 2.22. The van der Waals surface area contributed by atoms with E-state index in [-0.39, 0.29) is 6.42 Å². The first kappa shape index (κ1) is 12.4. The summed E-state index contributed by atoms with van der Waals surface area (Å²) in [5.41, 5.74) is 4.45. The number of carboxylic acids is 1. The van der Waals surface area contributed by atoms with Crippen LogP contribution in [0.25, 0.3) is 0 Å². The molecule has 86 valence electrons. The van der Waals surface area contributed by atoms with Crippen LogP contribution in [0.3, 0.4) is 0 Å². The fourth-order valence-corrected chi connectivity index (χ4v) is 2.04. The molecule has 1 aromatic carbocycles. The van der Waals surface area contributed by atoms with Crippen LogP contribution in [0, 0.1) is 20.8 Å². The van der Waals surface area contributed by atoms with E-state index in [2.05, 4.69) is 0 Å². The number of benzene rings is 1. The van der Waals surface area contributed by atoms with Gasteiger partial charge in [-0.1, -0.05) is 6.07 Å². The highest BCUT2D eigenvalue weighted by Gasteiger charge is 2.10. The Hall–Kier alpha value is -1.64. The lowest BCUT2D eigenvalue weighted by Crippen LogP contribution is -2.22. The van der Waals surface area contributed by atoms with Crippen molar-refractivity contribution in [1.82, 2.24) is 0 Å². The zero-order valence-electron chi connectivity index (χ0n) is 9.79. The Morgan fingerprint density at radius 2 is 1.94 bits per heavy atom. The van der Waals surface area contributed by atoms with Crippen molar-refractivity contribution in [1.29, 1.82) is 0 Å². The van der Waals surface area contributed by atoms with Gasteiger partial charge in [0.2, 0.25) is 0 Å². The van der Waals surface area contributed by atoms with Crippen molar-refractivity contribution in [3.63, 3.8) is 0 Å². The summed E-state index contributed by atoms with van der Waals surface area (Å²) >= 11 is 0. The first-order valence-electron chi connectivity index (χ1n) is 5.22. The van der Waals surface area contributed by atoms with Crippen molar-refractivity contribution >= 4 is 12.3 Å². The summed E-state index contributed by atoms with van der Waals surface area (Å²) in [5, 5.41) is 10.4. The number of hydrogen-bond acceptors (Lipinski definition) is 3. The number of aryl methyl sites for hydroxylation is 2. The van der Waals surface area contributed by atoms with Crippen LogP contribution in [-0.2, 0) is 11.2 Å². The van der Waals surface area contributed by atoms with Crippen LogP contribution >= 0.6 is 0 Å². The summed E-state index contributed by atoms with van der Waals surface area (Å²) in [6.07, 6.45) is 1.23. The number of carbonyl (C=O) groups excluding carboxylic acids is 2. The van der Waals surface area contributed by atoms with E-state index in [0.717, 1.165) is 28.5 Å². The van der Waals surface area contributed by atoms with Crippen LogP contribution < -0.4 is 5.11 Å². The van der Waals surface area contributed by atoms with E-state index in [1.165, 1.54) is 0 Å². The average Bonchev–Trinajstić information content (AvgIpc) is 2.16. The van der Waals surface area contributed by atoms with Crippen molar-refractivity contribution in [2.24, 2.45) is 0 Å². The monoisotopic (exact) mass is 219 g/mol. The fraction of sp³-hybridized carbons (Fsp3) is 0.385. The van der Waals surface area contributed by atoms with Crippen molar-refractivity contribution in [3.05, 3.63) is 33.9 Å². The smallest absolute Gasteiger partial charge is 0.150 e. The minimum Gasteiger partial charge on any atom is -0.550 e. The molecule has 1 aromatic rings. The molecule has 0 fully saturated rings. The number of aldehydes is 1. The fourth-order valence-electron chi connectivity index (χ4n) is 2.04. The second-order valence-electron chi connectivity index (χ2n) is 4.02. The van der Waals surface area contributed by atoms with E-state index < -0.39 is 5.97 Å². The number of hydrogen-bond donors (Lipinski definition) is 0. The van der Waals surface area contributed by atoms with Gasteiger partial charge in [0.1, 0.15) is 0 Å². The van der Waals surface area contributed by atoms with Gasteiger partial charge in [0, 0.05) is 11.5 Å². The van der Waals surface area contributed by atoms with Gasteiger partial charge in [0.15, 0.2) is 6.29 Å². The lowest BCUT2D eigenvalue weighted by Gasteiger charge is -2.14. The lowest BCUT2D eigenvalue weighted by atomic mass is 9.91. The molecule has 0 N–H and O–H groups in total. The van der Waals surface area contributed by atoms with Gasteiger partial charge in [0.05, 0.1) is 0 Å². The molecule has 0 heterocycles. The normalized spacial score (nSPS) is 10.2. The molecular weight excluding hydrogens is 204 g/mol. The van der Waals surface area contributed by atoms with Crippen molar-refractivity contribution in [3.8, 4) is 0 Å². The van der Waals surface area contributed by atoms with E-state index in [0.29, 0.717) is 12.0 Å². The molecule has 0 aliphatic carbocycles. The first-order chi connectivity index (χ1) is 7.47. The molecular formula is C13H15O3-. The predicted octanol–water partition coefficient (Wildman–Crippen LogP) is 1.11. The van der Waals surface area contributed by atoms with Crippen LogP contribution in [0.4, 0.5) is 0 Å². The Morgan fingerprint density at radius 1 is 1.31 bits per heavy atom. The Bertz CT molecular complexity index is 433. The van der Waals surface area contributed by atoms with E-state index in [9.17, 15) is 14.7 Å². The van der Waals surface area contributed by atoms with E-state index >= 15 is 0 Å². The third-order valence-electron chi connectivity index (χ3n) is 2.89. The van der Waals surface area contributed by atoms with Gasteiger partial charge in [-0.2, -0.15) is 0 Å². The molecule has 1 rings (SSSR count). The SMILES string of the molecule is Cc1cc(C)c(CCC(=O)[O-])c(C)c1C=O. The average molecular weight is 219 g/mol. The number of rotatable bonds is 4. The van der Waals surface area contributed by atoms with Crippen LogP contribution in [0.1, 0.15) is 39.0 Å². The molecule has 0 bridgehead atoms. The molecule has 0 aliphatic heterocycles. The van der Waals surface area contributed by atoms with Crippen LogP contribution in [0.5, 0.6) is 0 Å². The molecule has 0 unspecified atom stereocenters. The summed E-state index contributed by atoms with van der Waals surface area (Å²) in [6.45, 7) is 5.67. The topological polar surface area (TPSA) is 57.2 Å². The van der Waals surface area contributed by atoms with Gasteiger partial charge in [0.25, 0.3) is 0 Å². The Balaban J connectivity index is 3.17. The highest BCUT2D eigenvalue weighted by atomic mass is 16.4. The molecule has 0 saturated carbocycles. The molecule has 0 atom stereocenters. The Morgan fingerprint density at radius 3 is 2.44 bits per heavy atom. The van der Waals surface area contributed by atoms with E-state index in [1.54, 1.807) is 0 Å². The molecule has 0 aliphatic rings. The lowest BCUT2D eigenvalue weighted by molar-refractivity contribution is -0.305. The van der Waals surface area contributed by atoms with Crippen molar-refractivity contribution < 1.29 is 14.7 Å². The maximum atomic E-state index is 10.9. The highest BCUT2D eigenvalue weighted by molar-refractivity contribution is 5.80. The second-order valence-corrected chi connectivity index (χ2v) is 4.02. The molecule has 0 spiro atoms. The first-order valence-corrected chi connectivity index (χ1v) is 5.22. The molecule has 0 saturated heterocycles. The molecule has 0 aromatic heterocycles. The largest absolute Gasteiger partial charge is 0.550 e. The summed E-state index contributed by atoms with van der Waals surface area (Å²) in [4.78, 5) is 21.4. The summed E-state index contributed by atoms with van der Waals surface area (Å²) in [6, 6.07) is 1.92. The summed E-state index contributed by atoms with van der Waals surface area (Å²) < 4.78 is 0. The predicted molar refractivity (Wildman–Crippen MR) is 59.4 cm³/mol. The molecule has 16 heavy (non-hydrogen) atoms. The zero-order chi connectivity index (χ0) is 12.3. The maximum Gasteiger partial charge on any atom is 0.150 e. The zero-order valence-corrected chi connectivity index (χ0v) is 9.79. The Kier molecular flexibility index (Phi) is 3.82. The van der Waals surface area contributed by atoms with Gasteiger partial charge >= 0.3 is 0 Å². The quantitative estimate of drug-likeness (QED) is 0.713. The van der Waals surface area contributed by atoms with Gasteiger partial charge in [-0.05, 0) is 55.9 Å². The number of carboxylic acid groups (broad SMARTS) is 1. The minimum atomic E-state index is -1.06. The van der Waals surface area contributed by atoms with Crippen molar-refractivity contribution in [2.45, 2.75) is 33.6 Å². The van der Waals surface area contributed by atoms with Crippen molar-refractivity contribution in [2.75, 3.05) is 0 Å². The minimum absolute atomic E-state index is 0.0109. The number of aliphatic carboxylic acids is 1. The Labute approximate surface area is 95.1 Å². The molecule has 0 amide bonds. The standard InChI is InChI=1S/C13H16O3/c1-8-6-9(2)12(7-14)10(3)11(8)4-5-13(15)16/h6-7H,4-5H2,1-3H3,(H,15,16)/p-1. The van der Waals surface area contributed by atoms with Gasteiger partial charge < -0.3 is 9.90 Å².